The molecule has 4 aromatic rings. The maximum atomic E-state index is 12.2. The highest BCUT2D eigenvalue weighted by Crippen LogP contribution is 2.24. The van der Waals surface area contributed by atoms with Crippen LogP contribution >= 0.6 is 0 Å². The Balaban J connectivity index is 1.49. The van der Waals surface area contributed by atoms with Gasteiger partial charge in [-0.25, -0.2) is 9.97 Å². The lowest BCUT2D eigenvalue weighted by atomic mass is 10.1. The maximum absolute atomic E-state index is 12.2. The summed E-state index contributed by atoms with van der Waals surface area (Å²) in [5.41, 5.74) is 3.11. The van der Waals surface area contributed by atoms with Crippen molar-refractivity contribution < 1.29 is 13.9 Å². The maximum Gasteiger partial charge on any atom is 0.231 e. The lowest BCUT2D eigenvalue weighted by Crippen LogP contribution is -2.13. The first-order valence-electron chi connectivity index (χ1n) is 9.36. The minimum Gasteiger partial charge on any atom is -0.497 e. The van der Waals surface area contributed by atoms with Crippen molar-refractivity contribution in [1.29, 1.82) is 0 Å². The third-order valence-electron chi connectivity index (χ3n) is 4.34. The Morgan fingerprint density at radius 1 is 1.03 bits per heavy atom. The second-order valence-electron chi connectivity index (χ2n) is 6.51. The van der Waals surface area contributed by atoms with Gasteiger partial charge in [0.2, 0.25) is 11.9 Å². The number of methoxy groups -OCH3 is 1. The van der Waals surface area contributed by atoms with Gasteiger partial charge in [0.05, 0.1) is 25.5 Å². The molecule has 0 saturated carbocycles. The van der Waals surface area contributed by atoms with Crippen molar-refractivity contribution in [1.82, 2.24) is 9.97 Å². The number of hydrogen-bond donors (Lipinski definition) is 2. The van der Waals surface area contributed by atoms with E-state index in [4.69, 9.17) is 9.15 Å². The van der Waals surface area contributed by atoms with E-state index in [2.05, 4.69) is 20.6 Å². The van der Waals surface area contributed by atoms with Crippen molar-refractivity contribution in [2.24, 2.45) is 0 Å². The van der Waals surface area contributed by atoms with Crippen LogP contribution in [0.25, 0.3) is 11.3 Å². The summed E-state index contributed by atoms with van der Waals surface area (Å²) in [6, 6.07) is 20.4. The van der Waals surface area contributed by atoms with Gasteiger partial charge in [-0.1, -0.05) is 18.2 Å². The SMILES string of the molecule is COc1cccc(Nc2nccc(-c3cccc(NC(=O)Cc4ccco4)c3)n2)c1. The first kappa shape index (κ1) is 19.2. The summed E-state index contributed by atoms with van der Waals surface area (Å²) in [6.07, 6.45) is 3.42. The molecule has 7 nitrogen and oxygen atoms in total. The van der Waals surface area contributed by atoms with Gasteiger partial charge in [-0.15, -0.1) is 0 Å². The highest BCUT2D eigenvalue weighted by molar-refractivity contribution is 5.92. The highest BCUT2D eigenvalue weighted by atomic mass is 16.5. The minimum atomic E-state index is -0.148. The van der Waals surface area contributed by atoms with Gasteiger partial charge < -0.3 is 19.8 Å². The van der Waals surface area contributed by atoms with Crippen molar-refractivity contribution in [2.75, 3.05) is 17.7 Å². The molecule has 0 bridgehead atoms. The third kappa shape index (κ3) is 4.82. The molecule has 1 amide bonds. The number of nitrogens with one attached hydrogen (secondary N) is 2. The fraction of sp³-hybridized carbons (Fsp3) is 0.0870. The molecule has 0 radical (unpaired) electrons. The normalized spacial score (nSPS) is 10.4. The van der Waals surface area contributed by atoms with Crippen LogP contribution in [0, 0.1) is 0 Å². The molecule has 0 aliphatic heterocycles. The number of nitrogens with zero attached hydrogens (tertiary/aromatic N) is 2. The number of amides is 1. The largest absolute Gasteiger partial charge is 0.497 e. The quantitative estimate of drug-likeness (QED) is 0.469. The zero-order chi connectivity index (χ0) is 20.8. The summed E-state index contributed by atoms with van der Waals surface area (Å²) < 4.78 is 10.5. The number of hydrogen-bond acceptors (Lipinski definition) is 6. The van der Waals surface area contributed by atoms with Gasteiger partial charge in [-0.2, -0.15) is 0 Å². The van der Waals surface area contributed by atoms with Crippen molar-refractivity contribution in [3.05, 3.63) is 85.0 Å². The number of benzene rings is 2. The average Bonchev–Trinajstić information content (AvgIpc) is 3.27. The Kier molecular flexibility index (Phi) is 5.70. The average molecular weight is 400 g/mol. The molecule has 0 aliphatic carbocycles. The Bertz CT molecular complexity index is 1140. The Morgan fingerprint density at radius 3 is 2.73 bits per heavy atom. The zero-order valence-corrected chi connectivity index (χ0v) is 16.3. The number of carbonyl (C=O) groups is 1. The number of rotatable bonds is 7. The number of aromatic nitrogens is 2. The predicted molar refractivity (Wildman–Crippen MR) is 115 cm³/mol. The number of anilines is 3. The molecule has 0 spiro atoms. The topological polar surface area (TPSA) is 89.3 Å². The number of furan rings is 1. The van der Waals surface area contributed by atoms with E-state index in [1.807, 2.05) is 54.6 Å². The highest BCUT2D eigenvalue weighted by Gasteiger charge is 2.08. The molecule has 0 unspecified atom stereocenters. The van der Waals surface area contributed by atoms with Gasteiger partial charge in [0, 0.05) is 29.2 Å². The van der Waals surface area contributed by atoms with Crippen LogP contribution < -0.4 is 15.4 Å². The summed E-state index contributed by atoms with van der Waals surface area (Å²) in [7, 11) is 1.62. The minimum absolute atomic E-state index is 0.148. The number of ether oxygens (including phenoxy) is 1. The van der Waals surface area contributed by atoms with Gasteiger partial charge >= 0.3 is 0 Å². The van der Waals surface area contributed by atoms with Crippen LogP contribution in [0.15, 0.2) is 83.6 Å². The molecule has 0 saturated heterocycles. The van der Waals surface area contributed by atoms with E-state index in [1.54, 1.807) is 31.7 Å². The fourth-order valence-corrected chi connectivity index (χ4v) is 2.94. The lowest BCUT2D eigenvalue weighted by Gasteiger charge is -2.09. The standard InChI is InChI=1S/C23H20N4O3/c1-29-19-8-3-7-18(14-19)26-23-24-11-10-21(27-23)16-5-2-6-17(13-16)25-22(28)15-20-9-4-12-30-20/h2-14H,15H2,1H3,(H,25,28)(H,24,26,27). The van der Waals surface area contributed by atoms with E-state index in [0.717, 1.165) is 22.7 Å². The molecule has 2 N–H and O–H groups in total. The van der Waals surface area contributed by atoms with Crippen LogP contribution in [0.5, 0.6) is 5.75 Å². The summed E-state index contributed by atoms with van der Waals surface area (Å²) in [5, 5.41) is 6.06. The molecule has 2 aromatic heterocycles. The molecular weight excluding hydrogens is 380 g/mol. The summed E-state index contributed by atoms with van der Waals surface area (Å²) >= 11 is 0. The van der Waals surface area contributed by atoms with Crippen molar-refractivity contribution in [2.45, 2.75) is 6.42 Å². The van der Waals surface area contributed by atoms with Crippen LogP contribution in [0.4, 0.5) is 17.3 Å². The first-order valence-corrected chi connectivity index (χ1v) is 9.36. The third-order valence-corrected chi connectivity index (χ3v) is 4.34. The molecule has 0 fully saturated rings. The van der Waals surface area contributed by atoms with Crippen LogP contribution in [0.1, 0.15) is 5.76 Å². The van der Waals surface area contributed by atoms with Crippen molar-refractivity contribution >= 4 is 23.2 Å². The molecular formula is C23H20N4O3. The van der Waals surface area contributed by atoms with E-state index in [1.165, 1.54) is 0 Å². The fourth-order valence-electron chi connectivity index (χ4n) is 2.94. The van der Waals surface area contributed by atoms with E-state index in [-0.39, 0.29) is 12.3 Å². The van der Waals surface area contributed by atoms with Crippen molar-refractivity contribution in [3.8, 4) is 17.0 Å². The van der Waals surface area contributed by atoms with E-state index in [0.29, 0.717) is 17.4 Å². The van der Waals surface area contributed by atoms with E-state index >= 15 is 0 Å². The second-order valence-corrected chi connectivity index (χ2v) is 6.51. The van der Waals surface area contributed by atoms with Crippen LogP contribution in [0.3, 0.4) is 0 Å². The molecule has 2 aromatic carbocycles. The molecule has 7 heteroatoms. The zero-order valence-electron chi connectivity index (χ0n) is 16.3. The van der Waals surface area contributed by atoms with Gasteiger partial charge in [-0.3, -0.25) is 4.79 Å². The lowest BCUT2D eigenvalue weighted by molar-refractivity contribution is -0.115. The molecule has 4 rings (SSSR count). The van der Waals surface area contributed by atoms with E-state index in [9.17, 15) is 4.79 Å². The Morgan fingerprint density at radius 2 is 1.90 bits per heavy atom. The van der Waals surface area contributed by atoms with Gasteiger partial charge in [0.1, 0.15) is 11.5 Å². The molecule has 2 heterocycles. The number of carbonyl (C=O) groups excluding carboxylic acids is 1. The smallest absolute Gasteiger partial charge is 0.231 e. The van der Waals surface area contributed by atoms with Gasteiger partial charge in [-0.05, 0) is 42.5 Å². The van der Waals surface area contributed by atoms with Gasteiger partial charge in [0.15, 0.2) is 0 Å². The van der Waals surface area contributed by atoms with Crippen LogP contribution in [-0.2, 0) is 11.2 Å². The predicted octanol–water partition coefficient (Wildman–Crippen LogP) is 4.67. The molecule has 150 valence electrons. The first-order chi connectivity index (χ1) is 14.7. The second kappa shape index (κ2) is 8.91. The van der Waals surface area contributed by atoms with Gasteiger partial charge in [0.25, 0.3) is 0 Å². The van der Waals surface area contributed by atoms with Crippen molar-refractivity contribution in [3.63, 3.8) is 0 Å². The monoisotopic (exact) mass is 400 g/mol. The molecule has 0 aliphatic rings. The summed E-state index contributed by atoms with van der Waals surface area (Å²) in [4.78, 5) is 21.1. The summed E-state index contributed by atoms with van der Waals surface area (Å²) in [6.45, 7) is 0. The summed E-state index contributed by atoms with van der Waals surface area (Å²) in [5.74, 6) is 1.68. The van der Waals surface area contributed by atoms with E-state index < -0.39 is 0 Å². The Hall–Kier alpha value is -4.13. The molecule has 30 heavy (non-hydrogen) atoms. The Labute approximate surface area is 173 Å². The van der Waals surface area contributed by atoms with Crippen LogP contribution in [-0.4, -0.2) is 23.0 Å². The molecule has 0 atom stereocenters. The van der Waals surface area contributed by atoms with Crippen LogP contribution in [0.2, 0.25) is 0 Å².